The first-order chi connectivity index (χ1) is 8.44. The van der Waals surface area contributed by atoms with E-state index in [1.54, 1.807) is 6.20 Å². The lowest BCUT2D eigenvalue weighted by Crippen LogP contribution is -2.26. The maximum atomic E-state index is 11.5. The monoisotopic (exact) mass is 335 g/mol. The number of nitrogens with two attached hydrogens (primary N) is 1. The van der Waals surface area contributed by atoms with E-state index >= 15 is 0 Å². The third kappa shape index (κ3) is 2.78. The highest BCUT2D eigenvalue weighted by Gasteiger charge is 2.34. The van der Waals surface area contributed by atoms with Crippen molar-refractivity contribution in [2.24, 2.45) is 11.7 Å². The maximum absolute atomic E-state index is 11.5. The van der Waals surface area contributed by atoms with Gasteiger partial charge in [0.05, 0.1) is 33.9 Å². The minimum absolute atomic E-state index is 0.00129. The van der Waals surface area contributed by atoms with Crippen LogP contribution in [0.25, 0.3) is 0 Å². The Labute approximate surface area is 116 Å². The van der Waals surface area contributed by atoms with E-state index in [1.807, 2.05) is 4.68 Å². The Balaban J connectivity index is 2.23. The smallest absolute Gasteiger partial charge is 0.150 e. The van der Waals surface area contributed by atoms with Crippen LogP contribution in [-0.2, 0) is 16.4 Å². The summed E-state index contributed by atoms with van der Waals surface area (Å²) in [5.41, 5.74) is 7.16. The molecule has 1 fully saturated rings. The largest absolute Gasteiger partial charge is 0.322 e. The van der Waals surface area contributed by atoms with Gasteiger partial charge in [0, 0.05) is 6.54 Å². The second-order valence-electron chi connectivity index (χ2n) is 4.79. The lowest BCUT2D eigenvalue weighted by atomic mass is 9.97. The van der Waals surface area contributed by atoms with Crippen molar-refractivity contribution in [2.45, 2.75) is 32.4 Å². The summed E-state index contributed by atoms with van der Waals surface area (Å²) in [6.45, 7) is 2.87. The molecule has 0 aromatic carbocycles. The van der Waals surface area contributed by atoms with Gasteiger partial charge in [0.15, 0.2) is 9.84 Å². The first-order valence-corrected chi connectivity index (χ1v) is 8.73. The molecule has 0 bridgehead atoms. The van der Waals surface area contributed by atoms with E-state index in [2.05, 4.69) is 28.0 Å². The van der Waals surface area contributed by atoms with Crippen LogP contribution in [0.15, 0.2) is 10.7 Å². The third-order valence-electron chi connectivity index (χ3n) is 3.36. The van der Waals surface area contributed by atoms with Crippen molar-refractivity contribution >= 4 is 25.8 Å². The molecule has 7 heteroatoms. The molecule has 2 N–H and O–H groups in total. The summed E-state index contributed by atoms with van der Waals surface area (Å²) in [5.74, 6) is 0.446. The van der Waals surface area contributed by atoms with Crippen LogP contribution in [0, 0.1) is 5.92 Å². The first kappa shape index (κ1) is 14.0. The van der Waals surface area contributed by atoms with Crippen LogP contribution >= 0.6 is 15.9 Å². The number of sulfone groups is 1. The molecule has 2 heterocycles. The molecule has 1 aliphatic heterocycles. The Morgan fingerprint density at radius 1 is 1.67 bits per heavy atom. The van der Waals surface area contributed by atoms with Crippen molar-refractivity contribution in [2.75, 3.05) is 11.5 Å². The van der Waals surface area contributed by atoms with E-state index in [4.69, 9.17) is 5.73 Å². The summed E-state index contributed by atoms with van der Waals surface area (Å²) < 4.78 is 25.8. The molecule has 2 atom stereocenters. The van der Waals surface area contributed by atoms with Crippen LogP contribution in [0.2, 0.25) is 0 Å². The van der Waals surface area contributed by atoms with Crippen molar-refractivity contribution in [3.63, 3.8) is 0 Å². The van der Waals surface area contributed by atoms with Crippen LogP contribution in [0.1, 0.15) is 31.5 Å². The van der Waals surface area contributed by atoms with Crippen molar-refractivity contribution < 1.29 is 8.42 Å². The Kier molecular flexibility index (Phi) is 4.13. The van der Waals surface area contributed by atoms with Gasteiger partial charge in [-0.2, -0.15) is 5.10 Å². The van der Waals surface area contributed by atoms with Gasteiger partial charge in [-0.1, -0.05) is 6.92 Å². The second-order valence-corrected chi connectivity index (χ2v) is 7.87. The van der Waals surface area contributed by atoms with Gasteiger partial charge in [-0.15, -0.1) is 0 Å². The number of nitrogens with zero attached hydrogens (tertiary/aromatic N) is 2. The van der Waals surface area contributed by atoms with E-state index < -0.39 is 9.84 Å². The molecule has 2 rings (SSSR count). The highest BCUT2D eigenvalue weighted by Crippen LogP contribution is 2.33. The second kappa shape index (κ2) is 5.30. The van der Waals surface area contributed by atoms with Gasteiger partial charge >= 0.3 is 0 Å². The Morgan fingerprint density at radius 3 is 2.94 bits per heavy atom. The number of hydrogen-bond acceptors (Lipinski definition) is 4. The molecule has 5 nitrogen and oxygen atoms in total. The average Bonchev–Trinajstić information content (AvgIpc) is 2.82. The fourth-order valence-electron chi connectivity index (χ4n) is 2.42. The van der Waals surface area contributed by atoms with Crippen LogP contribution in [0.5, 0.6) is 0 Å². The topological polar surface area (TPSA) is 78.0 Å². The summed E-state index contributed by atoms with van der Waals surface area (Å²) in [7, 11) is -2.89. The summed E-state index contributed by atoms with van der Waals surface area (Å²) >= 11 is 3.45. The molecular weight excluding hydrogens is 318 g/mol. The zero-order valence-electron chi connectivity index (χ0n) is 10.3. The fraction of sp³-hybridized carbons (Fsp3) is 0.727. The molecule has 0 amide bonds. The summed E-state index contributed by atoms with van der Waals surface area (Å²) in [4.78, 5) is 0. The average molecular weight is 336 g/mol. The molecule has 1 aromatic heterocycles. The van der Waals surface area contributed by atoms with E-state index in [1.165, 1.54) is 0 Å². The van der Waals surface area contributed by atoms with Gasteiger partial charge in [-0.05, 0) is 34.7 Å². The van der Waals surface area contributed by atoms with Gasteiger partial charge in [-0.3, -0.25) is 4.68 Å². The molecule has 18 heavy (non-hydrogen) atoms. The van der Waals surface area contributed by atoms with E-state index in [9.17, 15) is 8.42 Å². The molecule has 102 valence electrons. The quantitative estimate of drug-likeness (QED) is 0.904. The summed E-state index contributed by atoms with van der Waals surface area (Å²) in [5, 5.41) is 4.27. The zero-order chi connectivity index (χ0) is 13.3. The van der Waals surface area contributed by atoms with Crippen LogP contribution in [-0.4, -0.2) is 29.7 Å². The number of aryl methyl sites for hydroxylation is 1. The normalized spacial score (nSPS) is 24.3. The maximum Gasteiger partial charge on any atom is 0.150 e. The number of aromatic nitrogens is 2. The molecular formula is C11H18BrN3O2S. The summed E-state index contributed by atoms with van der Waals surface area (Å²) in [6, 6.07) is -0.273. The van der Waals surface area contributed by atoms with Gasteiger partial charge < -0.3 is 5.73 Å². The highest BCUT2D eigenvalue weighted by molar-refractivity contribution is 9.10. The SMILES string of the molecule is CCCn1ncc(Br)c1C(N)C1CCS(=O)(=O)C1. The zero-order valence-corrected chi connectivity index (χ0v) is 12.7. The standard InChI is InChI=1S/C11H18BrN3O2S/c1-2-4-15-11(9(12)6-14-15)10(13)8-3-5-18(16,17)7-8/h6,8,10H,2-5,7,13H2,1H3. The molecule has 1 aliphatic rings. The Bertz CT molecular complexity index is 526. The molecule has 0 saturated carbocycles. The van der Waals surface area contributed by atoms with E-state index in [0.717, 1.165) is 23.1 Å². The molecule has 0 spiro atoms. The molecule has 1 aromatic rings. The number of rotatable bonds is 4. The van der Waals surface area contributed by atoms with E-state index in [-0.39, 0.29) is 23.5 Å². The highest BCUT2D eigenvalue weighted by atomic mass is 79.9. The first-order valence-electron chi connectivity index (χ1n) is 6.12. The molecule has 2 unspecified atom stereocenters. The lowest BCUT2D eigenvalue weighted by Gasteiger charge is -2.19. The molecule has 1 saturated heterocycles. The Hall–Kier alpha value is -0.400. The van der Waals surface area contributed by atoms with Crippen molar-refractivity contribution in [1.82, 2.24) is 9.78 Å². The van der Waals surface area contributed by atoms with Crippen molar-refractivity contribution in [3.8, 4) is 0 Å². The fourth-order valence-corrected chi connectivity index (χ4v) is 4.84. The third-order valence-corrected chi connectivity index (χ3v) is 5.76. The van der Waals surface area contributed by atoms with Gasteiger partial charge in [-0.25, -0.2) is 8.42 Å². The van der Waals surface area contributed by atoms with Crippen LogP contribution in [0.3, 0.4) is 0 Å². The van der Waals surface area contributed by atoms with Gasteiger partial charge in [0.25, 0.3) is 0 Å². The summed E-state index contributed by atoms with van der Waals surface area (Å²) in [6.07, 6.45) is 3.35. The minimum Gasteiger partial charge on any atom is -0.322 e. The van der Waals surface area contributed by atoms with Crippen LogP contribution < -0.4 is 5.73 Å². The number of hydrogen-bond donors (Lipinski definition) is 1. The predicted octanol–water partition coefficient (Wildman–Crippen LogP) is 1.49. The van der Waals surface area contributed by atoms with Gasteiger partial charge in [0.2, 0.25) is 0 Å². The van der Waals surface area contributed by atoms with E-state index in [0.29, 0.717) is 6.42 Å². The molecule has 0 aliphatic carbocycles. The van der Waals surface area contributed by atoms with Crippen molar-refractivity contribution in [1.29, 1.82) is 0 Å². The predicted molar refractivity (Wildman–Crippen MR) is 73.9 cm³/mol. The van der Waals surface area contributed by atoms with Gasteiger partial charge in [0.1, 0.15) is 0 Å². The van der Waals surface area contributed by atoms with Crippen LogP contribution in [0.4, 0.5) is 0 Å². The Morgan fingerprint density at radius 2 is 2.39 bits per heavy atom. The minimum atomic E-state index is -2.89. The molecule has 0 radical (unpaired) electrons. The lowest BCUT2D eigenvalue weighted by molar-refractivity contribution is 0.435. The van der Waals surface area contributed by atoms with Crippen molar-refractivity contribution in [3.05, 3.63) is 16.4 Å². The number of halogens is 1.